The van der Waals surface area contributed by atoms with E-state index in [1.54, 1.807) is 0 Å². The van der Waals surface area contributed by atoms with Gasteiger partial charge in [-0.2, -0.15) is 0 Å². The first kappa shape index (κ1) is 31.1. The van der Waals surface area contributed by atoms with Crippen molar-refractivity contribution in [1.29, 1.82) is 0 Å². The number of halogens is 1. The second kappa shape index (κ2) is 16.5. The minimum Gasteiger partial charge on any atom is -0.289 e. The van der Waals surface area contributed by atoms with Crippen LogP contribution in [0.5, 0.6) is 0 Å². The van der Waals surface area contributed by atoms with Crippen molar-refractivity contribution in [3.63, 3.8) is 0 Å². The summed E-state index contributed by atoms with van der Waals surface area (Å²) in [4.78, 5) is 5.33. The summed E-state index contributed by atoms with van der Waals surface area (Å²) in [6.07, 6.45) is 8.66. The van der Waals surface area contributed by atoms with Crippen LogP contribution in [-0.4, -0.2) is 22.9 Å². The lowest BCUT2D eigenvalue weighted by atomic mass is 9.86. The van der Waals surface area contributed by atoms with Crippen molar-refractivity contribution in [2.45, 2.75) is 76.5 Å². The van der Waals surface area contributed by atoms with Gasteiger partial charge in [0, 0.05) is 31.1 Å². The highest BCUT2D eigenvalue weighted by molar-refractivity contribution is 6.30. The molecule has 1 aliphatic rings. The second-order valence-electron chi connectivity index (χ2n) is 11.7. The number of unbranched alkanes of at least 4 members (excludes halogenated alkanes) is 6. The summed E-state index contributed by atoms with van der Waals surface area (Å²) in [6, 6.07) is 41.6. The summed E-state index contributed by atoms with van der Waals surface area (Å²) in [5, 5.41) is 0.761. The summed E-state index contributed by atoms with van der Waals surface area (Å²) >= 11 is 6.37. The number of nitrogens with zero attached hydrogens (tertiary/aromatic N) is 2. The maximum Gasteiger partial charge on any atom is 0.0976 e. The van der Waals surface area contributed by atoms with Gasteiger partial charge in [-0.15, -0.1) is 5.92 Å². The lowest BCUT2D eigenvalue weighted by Gasteiger charge is -2.50. The van der Waals surface area contributed by atoms with Crippen molar-refractivity contribution < 1.29 is 0 Å². The molecule has 43 heavy (non-hydrogen) atoms. The summed E-state index contributed by atoms with van der Waals surface area (Å²) < 4.78 is 0. The molecule has 1 aliphatic heterocycles. The Hall–Kier alpha value is -3.35. The number of hydrogen-bond donors (Lipinski definition) is 0. The molecule has 5 rings (SSSR count). The first-order valence-electron chi connectivity index (χ1n) is 16.1. The zero-order valence-electron chi connectivity index (χ0n) is 25.5. The van der Waals surface area contributed by atoms with Crippen molar-refractivity contribution in [2.75, 3.05) is 13.1 Å². The van der Waals surface area contributed by atoms with Gasteiger partial charge in [-0.1, -0.05) is 160 Å². The third-order valence-corrected chi connectivity index (χ3v) is 8.87. The van der Waals surface area contributed by atoms with Crippen molar-refractivity contribution in [3.8, 4) is 11.8 Å². The zero-order chi connectivity index (χ0) is 29.7. The highest BCUT2D eigenvalue weighted by Crippen LogP contribution is 2.45. The first-order chi connectivity index (χ1) is 21.2. The minimum absolute atomic E-state index is 0.0207. The zero-order valence-corrected chi connectivity index (χ0v) is 26.3. The highest BCUT2D eigenvalue weighted by atomic mass is 35.5. The molecule has 4 aromatic rings. The van der Waals surface area contributed by atoms with Gasteiger partial charge in [-0.25, -0.2) is 0 Å². The van der Waals surface area contributed by atoms with Gasteiger partial charge in [0.25, 0.3) is 0 Å². The average Bonchev–Trinajstić information content (AvgIpc) is 3.06. The Labute approximate surface area is 264 Å². The molecule has 1 fully saturated rings. The molecular weight excluding hydrogens is 544 g/mol. The smallest absolute Gasteiger partial charge is 0.0976 e. The Morgan fingerprint density at radius 1 is 0.674 bits per heavy atom. The van der Waals surface area contributed by atoms with E-state index in [4.69, 9.17) is 11.6 Å². The molecule has 0 amide bonds. The molecule has 1 saturated heterocycles. The maximum absolute atomic E-state index is 6.37. The van der Waals surface area contributed by atoms with Crippen LogP contribution >= 0.6 is 11.6 Å². The van der Waals surface area contributed by atoms with Crippen LogP contribution in [0.2, 0.25) is 5.02 Å². The lowest BCUT2D eigenvalue weighted by Crippen LogP contribution is -2.50. The van der Waals surface area contributed by atoms with Gasteiger partial charge >= 0.3 is 0 Å². The van der Waals surface area contributed by atoms with Crippen molar-refractivity contribution in [3.05, 3.63) is 143 Å². The number of benzene rings is 4. The Bertz CT molecular complexity index is 1410. The number of rotatable bonds is 12. The molecular formula is C40H45ClN2. The standard InChI is InChI=1S/C40H45ClN2/c1-2-3-4-5-6-7-8-18-25-38(34-26-28-37(41)29-27-34)43-31-30-42(32-33-19-12-9-13-20-33)39(35-21-14-10-15-22-35)40(43)36-23-16-11-17-24-36/h9-17,19-24,26-29,38-40H,2-8,30-32H2,1H3/t38-,39-,40-/m1/s1. The van der Waals surface area contributed by atoms with E-state index in [1.807, 2.05) is 12.1 Å². The van der Waals surface area contributed by atoms with Gasteiger partial charge < -0.3 is 0 Å². The molecule has 1 heterocycles. The summed E-state index contributed by atoms with van der Waals surface area (Å²) in [5.41, 5.74) is 5.22. The third-order valence-electron chi connectivity index (χ3n) is 8.62. The SMILES string of the molecule is CCCCCCCCC#C[C@H](c1ccc(Cl)cc1)N1CCN(Cc2ccccc2)[C@H](c2ccccc2)[C@H]1c1ccccc1. The van der Waals surface area contributed by atoms with Gasteiger partial charge in [0.15, 0.2) is 0 Å². The molecule has 3 heteroatoms. The topological polar surface area (TPSA) is 6.48 Å². The first-order valence-corrected chi connectivity index (χ1v) is 16.5. The van der Waals surface area contributed by atoms with Gasteiger partial charge in [-0.3, -0.25) is 9.80 Å². The molecule has 2 nitrogen and oxygen atoms in total. The molecule has 3 atom stereocenters. The van der Waals surface area contributed by atoms with E-state index in [2.05, 4.69) is 132 Å². The largest absolute Gasteiger partial charge is 0.289 e. The fraction of sp³-hybridized carbons (Fsp3) is 0.350. The van der Waals surface area contributed by atoms with Crippen LogP contribution < -0.4 is 0 Å². The van der Waals surface area contributed by atoms with Crippen LogP contribution in [0.3, 0.4) is 0 Å². The Morgan fingerprint density at radius 3 is 1.91 bits per heavy atom. The summed E-state index contributed by atoms with van der Waals surface area (Å²) in [7, 11) is 0. The van der Waals surface area contributed by atoms with E-state index < -0.39 is 0 Å². The van der Waals surface area contributed by atoms with E-state index in [1.165, 1.54) is 60.8 Å². The average molecular weight is 589 g/mol. The Kier molecular flexibility index (Phi) is 11.9. The van der Waals surface area contributed by atoms with Gasteiger partial charge in [-0.05, 0) is 40.8 Å². The van der Waals surface area contributed by atoms with E-state index in [9.17, 15) is 0 Å². The van der Waals surface area contributed by atoms with Gasteiger partial charge in [0.1, 0.15) is 0 Å². The van der Waals surface area contributed by atoms with E-state index in [0.29, 0.717) is 0 Å². The fourth-order valence-corrected chi connectivity index (χ4v) is 6.55. The Balaban J connectivity index is 1.51. The molecule has 0 aliphatic carbocycles. The highest BCUT2D eigenvalue weighted by Gasteiger charge is 2.41. The predicted molar refractivity (Wildman–Crippen MR) is 182 cm³/mol. The normalized spacial score (nSPS) is 18.1. The van der Waals surface area contributed by atoms with Crippen LogP contribution in [0.4, 0.5) is 0 Å². The number of piperazine rings is 1. The monoisotopic (exact) mass is 588 g/mol. The van der Waals surface area contributed by atoms with Crippen LogP contribution in [0.15, 0.2) is 115 Å². The minimum atomic E-state index is -0.0207. The number of hydrogen-bond acceptors (Lipinski definition) is 2. The maximum atomic E-state index is 6.37. The molecule has 0 unspecified atom stereocenters. The molecule has 0 radical (unpaired) electrons. The quantitative estimate of drug-likeness (QED) is 0.120. The van der Waals surface area contributed by atoms with Crippen molar-refractivity contribution >= 4 is 11.6 Å². The van der Waals surface area contributed by atoms with E-state index in [-0.39, 0.29) is 18.1 Å². The van der Waals surface area contributed by atoms with Gasteiger partial charge in [0.05, 0.1) is 18.1 Å². The molecule has 4 aromatic carbocycles. The van der Waals surface area contributed by atoms with Crippen molar-refractivity contribution in [1.82, 2.24) is 9.80 Å². The van der Waals surface area contributed by atoms with E-state index >= 15 is 0 Å². The Morgan fingerprint density at radius 2 is 1.26 bits per heavy atom. The molecule has 0 bridgehead atoms. The van der Waals surface area contributed by atoms with Crippen LogP contribution in [0, 0.1) is 11.8 Å². The third kappa shape index (κ3) is 8.61. The molecule has 0 saturated carbocycles. The summed E-state index contributed by atoms with van der Waals surface area (Å²) in [5.74, 6) is 7.40. The molecule has 0 spiro atoms. The van der Waals surface area contributed by atoms with Gasteiger partial charge in [0.2, 0.25) is 0 Å². The second-order valence-corrected chi connectivity index (χ2v) is 12.1. The molecule has 0 aromatic heterocycles. The fourth-order valence-electron chi connectivity index (χ4n) is 6.42. The van der Waals surface area contributed by atoms with E-state index in [0.717, 1.165) is 31.1 Å². The van der Waals surface area contributed by atoms with Crippen LogP contribution in [0.1, 0.15) is 92.2 Å². The predicted octanol–water partition coefficient (Wildman–Crippen LogP) is 10.4. The lowest BCUT2D eigenvalue weighted by molar-refractivity contribution is -0.00258. The summed E-state index contributed by atoms with van der Waals surface area (Å²) in [6.45, 7) is 5.07. The molecule has 0 N–H and O–H groups in total. The molecule has 222 valence electrons. The van der Waals surface area contributed by atoms with Crippen LogP contribution in [0.25, 0.3) is 0 Å². The van der Waals surface area contributed by atoms with Crippen LogP contribution in [-0.2, 0) is 6.54 Å². The van der Waals surface area contributed by atoms with Crippen molar-refractivity contribution in [2.24, 2.45) is 0 Å².